The number of hydrogen-bond donors (Lipinski definition) is 1. The van der Waals surface area contributed by atoms with Crippen LogP contribution in [0.2, 0.25) is 5.02 Å². The normalized spacial score (nSPS) is 18.6. The molecule has 1 heterocycles. The molecule has 2 rings (SSSR count). The van der Waals surface area contributed by atoms with Crippen LogP contribution in [0.4, 0.5) is 0 Å². The Labute approximate surface area is 171 Å². The highest BCUT2D eigenvalue weighted by Gasteiger charge is 2.28. The van der Waals surface area contributed by atoms with E-state index in [1.807, 2.05) is 53.1 Å². The zero-order chi connectivity index (χ0) is 19.5. The number of methoxy groups -OCH3 is 1. The van der Waals surface area contributed by atoms with Crippen molar-refractivity contribution in [2.75, 3.05) is 31.8 Å². The number of aliphatic hydroxyl groups is 1. The predicted molar refractivity (Wildman–Crippen MR) is 113 cm³/mol. The first-order chi connectivity index (χ1) is 13.1. The van der Waals surface area contributed by atoms with Crippen LogP contribution in [0.5, 0.6) is 0 Å². The fraction of sp³-hybridized carbons (Fsp3) is 0.571. The summed E-state index contributed by atoms with van der Waals surface area (Å²) in [7, 11) is 1.73. The standard InChI is InChI=1S/C21H30ClNO3S/c1-26-12-2-3-13-27-14-11-23-19(8-10-21(23)25)7-9-20(24)16-17-5-4-6-18(22)15-17/h4-7,9,15,19-20,24H,2-3,8,10-14,16H2,1H3/b9-7+/t19-,20+/m0/s1. The average molecular weight is 412 g/mol. The maximum atomic E-state index is 12.2. The molecule has 150 valence electrons. The number of amides is 1. The Morgan fingerprint density at radius 1 is 1.41 bits per heavy atom. The van der Waals surface area contributed by atoms with Gasteiger partial charge in [0.1, 0.15) is 0 Å². The number of carbonyl (C=O) groups is 1. The molecule has 0 aromatic heterocycles. The number of benzene rings is 1. The number of unbranched alkanes of at least 4 members (excludes halogenated alkanes) is 1. The van der Waals surface area contributed by atoms with Gasteiger partial charge in [0.2, 0.25) is 5.91 Å². The van der Waals surface area contributed by atoms with Crippen molar-refractivity contribution in [3.63, 3.8) is 0 Å². The highest BCUT2D eigenvalue weighted by molar-refractivity contribution is 7.99. The molecule has 1 aromatic carbocycles. The van der Waals surface area contributed by atoms with Gasteiger partial charge < -0.3 is 14.7 Å². The Bertz CT molecular complexity index is 611. The lowest BCUT2D eigenvalue weighted by Crippen LogP contribution is -2.34. The van der Waals surface area contributed by atoms with Crippen molar-refractivity contribution >= 4 is 29.3 Å². The summed E-state index contributed by atoms with van der Waals surface area (Å²) in [6.07, 6.45) is 7.41. The molecule has 0 unspecified atom stereocenters. The first-order valence-electron chi connectivity index (χ1n) is 9.57. The maximum absolute atomic E-state index is 12.2. The Morgan fingerprint density at radius 3 is 3.04 bits per heavy atom. The monoisotopic (exact) mass is 411 g/mol. The summed E-state index contributed by atoms with van der Waals surface area (Å²) in [6, 6.07) is 7.63. The molecular formula is C21H30ClNO3S. The summed E-state index contributed by atoms with van der Waals surface area (Å²) in [6.45, 7) is 1.59. The van der Waals surface area contributed by atoms with E-state index in [1.165, 1.54) is 0 Å². The topological polar surface area (TPSA) is 49.8 Å². The van der Waals surface area contributed by atoms with Crippen LogP contribution in [0, 0.1) is 0 Å². The van der Waals surface area contributed by atoms with E-state index in [1.54, 1.807) is 7.11 Å². The number of ether oxygens (including phenoxy) is 1. The molecule has 4 nitrogen and oxygen atoms in total. The van der Waals surface area contributed by atoms with E-state index in [0.717, 1.165) is 49.5 Å². The number of halogens is 1. The minimum absolute atomic E-state index is 0.0978. The van der Waals surface area contributed by atoms with Gasteiger partial charge in [-0.25, -0.2) is 0 Å². The van der Waals surface area contributed by atoms with E-state index in [-0.39, 0.29) is 11.9 Å². The Kier molecular flexibility index (Phi) is 10.3. The van der Waals surface area contributed by atoms with Gasteiger partial charge >= 0.3 is 0 Å². The zero-order valence-electron chi connectivity index (χ0n) is 16.0. The van der Waals surface area contributed by atoms with E-state index >= 15 is 0 Å². The molecule has 0 spiro atoms. The molecule has 1 amide bonds. The molecule has 0 bridgehead atoms. The van der Waals surface area contributed by atoms with Gasteiger partial charge in [0, 0.05) is 43.9 Å². The van der Waals surface area contributed by atoms with Crippen LogP contribution in [0.25, 0.3) is 0 Å². The molecule has 1 fully saturated rings. The minimum atomic E-state index is -0.573. The number of nitrogens with zero attached hydrogens (tertiary/aromatic N) is 1. The van der Waals surface area contributed by atoms with Crippen LogP contribution in [-0.2, 0) is 16.0 Å². The van der Waals surface area contributed by atoms with E-state index in [9.17, 15) is 9.90 Å². The minimum Gasteiger partial charge on any atom is -0.389 e. The van der Waals surface area contributed by atoms with Gasteiger partial charge in [-0.05, 0) is 42.7 Å². The van der Waals surface area contributed by atoms with Gasteiger partial charge in [-0.1, -0.05) is 35.9 Å². The summed E-state index contributed by atoms with van der Waals surface area (Å²) in [5.41, 5.74) is 1.00. The second kappa shape index (κ2) is 12.4. The Hall–Kier alpha value is -1.01. The quantitative estimate of drug-likeness (QED) is 0.418. The van der Waals surface area contributed by atoms with Gasteiger partial charge in [-0.2, -0.15) is 11.8 Å². The number of thioether (sulfide) groups is 1. The molecule has 2 atom stereocenters. The van der Waals surface area contributed by atoms with Crippen molar-refractivity contribution in [2.45, 2.75) is 44.2 Å². The van der Waals surface area contributed by atoms with Crippen LogP contribution >= 0.6 is 23.4 Å². The van der Waals surface area contributed by atoms with E-state index in [0.29, 0.717) is 17.9 Å². The molecule has 0 radical (unpaired) electrons. The van der Waals surface area contributed by atoms with Gasteiger partial charge in [-0.15, -0.1) is 0 Å². The third-order valence-corrected chi connectivity index (χ3v) is 5.91. The summed E-state index contributed by atoms with van der Waals surface area (Å²) in [4.78, 5) is 14.1. The molecule has 1 aromatic rings. The van der Waals surface area contributed by atoms with E-state index in [4.69, 9.17) is 16.3 Å². The van der Waals surface area contributed by atoms with Crippen molar-refractivity contribution in [3.05, 3.63) is 47.0 Å². The van der Waals surface area contributed by atoms with Crippen molar-refractivity contribution in [1.82, 2.24) is 4.90 Å². The van der Waals surface area contributed by atoms with Crippen molar-refractivity contribution in [2.24, 2.45) is 0 Å². The second-order valence-electron chi connectivity index (χ2n) is 6.79. The molecule has 0 aliphatic carbocycles. The SMILES string of the molecule is COCCCCSCCN1C(=O)CC[C@@H]1/C=C/[C@@H](O)Cc1cccc(Cl)c1. The molecule has 1 N–H and O–H groups in total. The van der Waals surface area contributed by atoms with Gasteiger partial charge in [0.25, 0.3) is 0 Å². The highest BCUT2D eigenvalue weighted by Crippen LogP contribution is 2.21. The highest BCUT2D eigenvalue weighted by atomic mass is 35.5. The zero-order valence-corrected chi connectivity index (χ0v) is 17.6. The molecule has 0 saturated carbocycles. The number of rotatable bonds is 12. The van der Waals surface area contributed by atoms with Crippen LogP contribution in [0.1, 0.15) is 31.2 Å². The van der Waals surface area contributed by atoms with E-state index < -0.39 is 6.10 Å². The van der Waals surface area contributed by atoms with Crippen LogP contribution in [0.15, 0.2) is 36.4 Å². The molecule has 1 saturated heterocycles. The van der Waals surface area contributed by atoms with Crippen molar-refractivity contribution < 1.29 is 14.6 Å². The molecular weight excluding hydrogens is 382 g/mol. The fourth-order valence-corrected chi connectivity index (χ4v) is 4.34. The molecule has 6 heteroatoms. The second-order valence-corrected chi connectivity index (χ2v) is 8.45. The van der Waals surface area contributed by atoms with Crippen molar-refractivity contribution in [3.8, 4) is 0 Å². The third kappa shape index (κ3) is 8.26. The Balaban J connectivity index is 1.74. The number of carbonyl (C=O) groups excluding carboxylic acids is 1. The van der Waals surface area contributed by atoms with Crippen molar-refractivity contribution in [1.29, 1.82) is 0 Å². The number of hydrogen-bond acceptors (Lipinski definition) is 4. The van der Waals surface area contributed by atoms with Crippen LogP contribution in [0.3, 0.4) is 0 Å². The largest absolute Gasteiger partial charge is 0.389 e. The maximum Gasteiger partial charge on any atom is 0.223 e. The first kappa shape index (κ1) is 22.3. The fourth-order valence-electron chi connectivity index (χ4n) is 3.19. The smallest absolute Gasteiger partial charge is 0.223 e. The summed E-state index contributed by atoms with van der Waals surface area (Å²) >= 11 is 7.87. The lowest BCUT2D eigenvalue weighted by molar-refractivity contribution is -0.128. The molecule has 1 aliphatic heterocycles. The Morgan fingerprint density at radius 2 is 2.26 bits per heavy atom. The van der Waals surface area contributed by atoms with E-state index in [2.05, 4.69) is 0 Å². The number of aliphatic hydroxyl groups excluding tert-OH is 1. The number of likely N-dealkylation sites (tertiary alicyclic amines) is 1. The first-order valence-corrected chi connectivity index (χ1v) is 11.1. The third-order valence-electron chi connectivity index (χ3n) is 4.63. The summed E-state index contributed by atoms with van der Waals surface area (Å²) < 4.78 is 5.05. The van der Waals surface area contributed by atoms with Crippen LogP contribution in [-0.4, -0.2) is 59.8 Å². The van der Waals surface area contributed by atoms with Gasteiger partial charge in [0.05, 0.1) is 12.1 Å². The average Bonchev–Trinajstić information content (AvgIpc) is 2.99. The predicted octanol–water partition coefficient (Wildman–Crippen LogP) is 3.95. The lowest BCUT2D eigenvalue weighted by atomic mass is 10.1. The molecule has 1 aliphatic rings. The summed E-state index contributed by atoms with van der Waals surface area (Å²) in [5, 5.41) is 11.0. The lowest BCUT2D eigenvalue weighted by Gasteiger charge is -2.22. The summed E-state index contributed by atoms with van der Waals surface area (Å²) in [5.74, 6) is 2.27. The van der Waals surface area contributed by atoms with Crippen LogP contribution < -0.4 is 0 Å². The molecule has 27 heavy (non-hydrogen) atoms. The van der Waals surface area contributed by atoms with Gasteiger partial charge in [0.15, 0.2) is 0 Å². The van der Waals surface area contributed by atoms with Gasteiger partial charge in [-0.3, -0.25) is 4.79 Å².